The molecule has 0 saturated carbocycles. The first-order valence-corrected chi connectivity index (χ1v) is 6.28. The van der Waals surface area contributed by atoms with E-state index in [0.29, 0.717) is 0 Å². The third-order valence-corrected chi connectivity index (χ3v) is 3.33. The number of aryl methyl sites for hydroxylation is 1. The van der Waals surface area contributed by atoms with Crippen LogP contribution in [-0.2, 0) is 11.3 Å². The highest BCUT2D eigenvalue weighted by atomic mass is 16.2. The molecule has 0 bridgehead atoms. The van der Waals surface area contributed by atoms with Crippen molar-refractivity contribution in [1.82, 2.24) is 10.2 Å². The van der Waals surface area contributed by atoms with E-state index in [-0.39, 0.29) is 11.9 Å². The van der Waals surface area contributed by atoms with Crippen LogP contribution in [0, 0.1) is 6.92 Å². The highest BCUT2D eigenvalue weighted by molar-refractivity contribution is 5.83. The Morgan fingerprint density at radius 3 is 2.88 bits per heavy atom. The molecule has 1 fully saturated rings. The molecule has 92 valence electrons. The first-order chi connectivity index (χ1) is 8.20. The van der Waals surface area contributed by atoms with Crippen molar-refractivity contribution in [3.05, 3.63) is 35.4 Å². The van der Waals surface area contributed by atoms with Crippen molar-refractivity contribution in [1.29, 1.82) is 0 Å². The lowest BCUT2D eigenvalue weighted by Crippen LogP contribution is -2.40. The number of carbonyl (C=O) groups is 1. The number of rotatable bonds is 4. The summed E-state index contributed by atoms with van der Waals surface area (Å²) in [4.78, 5) is 13.9. The molecule has 0 aliphatic carbocycles. The molecule has 17 heavy (non-hydrogen) atoms. The molecule has 3 heteroatoms. The molecule has 1 aromatic carbocycles. The summed E-state index contributed by atoms with van der Waals surface area (Å²) in [5, 5.41) is 2.90. The molecule has 2 rings (SSSR count). The maximum absolute atomic E-state index is 11.7. The van der Waals surface area contributed by atoms with Crippen LogP contribution in [0.5, 0.6) is 0 Å². The fourth-order valence-electron chi connectivity index (χ4n) is 2.42. The van der Waals surface area contributed by atoms with Gasteiger partial charge in [0, 0.05) is 13.1 Å². The molecule has 0 spiro atoms. The zero-order chi connectivity index (χ0) is 12.3. The number of hydrogen-bond acceptors (Lipinski definition) is 2. The standard InChI is InChI=1S/C14H20N2O/c1-3-16(13-7-8-15-14(13)17)10-12-6-4-5-11(2)9-12/h4-6,9,13H,3,7-8,10H2,1-2H3,(H,15,17)/t13-/m1/s1. The predicted molar refractivity (Wildman–Crippen MR) is 68.7 cm³/mol. The molecule has 1 amide bonds. The Balaban J connectivity index is 2.07. The van der Waals surface area contributed by atoms with Crippen LogP contribution >= 0.6 is 0 Å². The largest absolute Gasteiger partial charge is 0.355 e. The summed E-state index contributed by atoms with van der Waals surface area (Å²) in [6, 6.07) is 8.55. The molecule has 1 saturated heterocycles. The van der Waals surface area contributed by atoms with Crippen LogP contribution in [-0.4, -0.2) is 29.9 Å². The van der Waals surface area contributed by atoms with Crippen LogP contribution in [0.25, 0.3) is 0 Å². The van der Waals surface area contributed by atoms with Crippen molar-refractivity contribution in [2.45, 2.75) is 32.9 Å². The van der Waals surface area contributed by atoms with Crippen molar-refractivity contribution < 1.29 is 4.79 Å². The van der Waals surface area contributed by atoms with E-state index >= 15 is 0 Å². The third kappa shape index (κ3) is 2.86. The van der Waals surface area contributed by atoms with E-state index in [4.69, 9.17) is 0 Å². The van der Waals surface area contributed by atoms with E-state index < -0.39 is 0 Å². The number of benzene rings is 1. The summed E-state index contributed by atoms with van der Waals surface area (Å²) >= 11 is 0. The van der Waals surface area contributed by atoms with Gasteiger partial charge in [0.25, 0.3) is 0 Å². The van der Waals surface area contributed by atoms with Gasteiger partial charge in [0.2, 0.25) is 5.91 Å². The van der Waals surface area contributed by atoms with E-state index in [1.165, 1.54) is 11.1 Å². The molecule has 1 aromatic rings. The zero-order valence-electron chi connectivity index (χ0n) is 10.6. The van der Waals surface area contributed by atoms with Gasteiger partial charge < -0.3 is 5.32 Å². The number of likely N-dealkylation sites (N-methyl/N-ethyl adjacent to an activating group) is 1. The van der Waals surface area contributed by atoms with Crippen LogP contribution in [0.2, 0.25) is 0 Å². The molecule has 1 heterocycles. The van der Waals surface area contributed by atoms with Gasteiger partial charge in [-0.05, 0) is 25.5 Å². The second-order valence-electron chi connectivity index (χ2n) is 4.65. The minimum atomic E-state index is 0.0560. The van der Waals surface area contributed by atoms with Crippen LogP contribution in [0.4, 0.5) is 0 Å². The van der Waals surface area contributed by atoms with Gasteiger partial charge in [-0.2, -0.15) is 0 Å². The Morgan fingerprint density at radius 1 is 1.47 bits per heavy atom. The number of carbonyl (C=O) groups excluding carboxylic acids is 1. The van der Waals surface area contributed by atoms with Gasteiger partial charge in [0.05, 0.1) is 6.04 Å². The van der Waals surface area contributed by atoms with E-state index in [2.05, 4.69) is 48.3 Å². The van der Waals surface area contributed by atoms with E-state index in [9.17, 15) is 4.79 Å². The van der Waals surface area contributed by atoms with Gasteiger partial charge in [-0.25, -0.2) is 0 Å². The molecule has 3 nitrogen and oxygen atoms in total. The van der Waals surface area contributed by atoms with Gasteiger partial charge in [0.1, 0.15) is 0 Å². The Morgan fingerprint density at radius 2 is 2.29 bits per heavy atom. The first-order valence-electron chi connectivity index (χ1n) is 6.28. The van der Waals surface area contributed by atoms with Gasteiger partial charge in [-0.3, -0.25) is 9.69 Å². The first kappa shape index (κ1) is 12.1. The van der Waals surface area contributed by atoms with E-state index in [1.54, 1.807) is 0 Å². The van der Waals surface area contributed by atoms with Gasteiger partial charge in [0.15, 0.2) is 0 Å². The smallest absolute Gasteiger partial charge is 0.237 e. The van der Waals surface area contributed by atoms with Crippen molar-refractivity contribution in [2.24, 2.45) is 0 Å². The molecule has 0 unspecified atom stereocenters. The monoisotopic (exact) mass is 232 g/mol. The van der Waals surface area contributed by atoms with Crippen LogP contribution < -0.4 is 5.32 Å². The molecule has 0 aromatic heterocycles. The maximum Gasteiger partial charge on any atom is 0.237 e. The second kappa shape index (κ2) is 5.32. The van der Waals surface area contributed by atoms with Crippen molar-refractivity contribution in [3.63, 3.8) is 0 Å². The highest BCUT2D eigenvalue weighted by Gasteiger charge is 2.29. The summed E-state index contributed by atoms with van der Waals surface area (Å²) in [6.07, 6.45) is 0.929. The molecule has 1 N–H and O–H groups in total. The van der Waals surface area contributed by atoms with E-state index in [1.807, 2.05) is 0 Å². The van der Waals surface area contributed by atoms with Crippen LogP contribution in [0.15, 0.2) is 24.3 Å². The number of nitrogens with zero attached hydrogens (tertiary/aromatic N) is 1. The van der Waals surface area contributed by atoms with Crippen molar-refractivity contribution in [2.75, 3.05) is 13.1 Å². The van der Waals surface area contributed by atoms with Crippen LogP contribution in [0.3, 0.4) is 0 Å². The summed E-state index contributed by atoms with van der Waals surface area (Å²) < 4.78 is 0. The Hall–Kier alpha value is -1.35. The Bertz CT molecular complexity index is 403. The second-order valence-corrected chi connectivity index (χ2v) is 4.65. The summed E-state index contributed by atoms with van der Waals surface area (Å²) in [6.45, 7) is 6.79. The average Bonchev–Trinajstić information content (AvgIpc) is 2.72. The number of nitrogens with one attached hydrogen (secondary N) is 1. The minimum absolute atomic E-state index is 0.0560. The fourth-order valence-corrected chi connectivity index (χ4v) is 2.42. The molecular formula is C14H20N2O. The quantitative estimate of drug-likeness (QED) is 0.857. The van der Waals surface area contributed by atoms with Gasteiger partial charge in [-0.1, -0.05) is 36.8 Å². The fraction of sp³-hybridized carbons (Fsp3) is 0.500. The molecule has 1 aliphatic heterocycles. The molecule has 0 radical (unpaired) electrons. The van der Waals surface area contributed by atoms with E-state index in [0.717, 1.165) is 26.1 Å². The lowest BCUT2D eigenvalue weighted by molar-refractivity contribution is -0.123. The molecule has 1 atom stereocenters. The number of amides is 1. The minimum Gasteiger partial charge on any atom is -0.355 e. The normalized spacial score (nSPS) is 19.7. The lowest BCUT2D eigenvalue weighted by Gasteiger charge is -2.25. The predicted octanol–water partition coefficient (Wildman–Crippen LogP) is 1.71. The SMILES string of the molecule is CCN(Cc1cccc(C)c1)[C@@H]1CCNC1=O. The molecule has 1 aliphatic rings. The topological polar surface area (TPSA) is 32.3 Å². The summed E-state index contributed by atoms with van der Waals surface area (Å²) in [7, 11) is 0. The summed E-state index contributed by atoms with van der Waals surface area (Å²) in [5.41, 5.74) is 2.56. The number of hydrogen-bond donors (Lipinski definition) is 1. The third-order valence-electron chi connectivity index (χ3n) is 3.33. The van der Waals surface area contributed by atoms with Gasteiger partial charge >= 0.3 is 0 Å². The Kier molecular flexibility index (Phi) is 3.79. The summed E-state index contributed by atoms with van der Waals surface area (Å²) in [5.74, 6) is 0.180. The van der Waals surface area contributed by atoms with Crippen molar-refractivity contribution >= 4 is 5.91 Å². The maximum atomic E-state index is 11.7. The zero-order valence-corrected chi connectivity index (χ0v) is 10.6. The molecular weight excluding hydrogens is 212 g/mol. The highest BCUT2D eigenvalue weighted by Crippen LogP contribution is 2.14. The van der Waals surface area contributed by atoms with Crippen LogP contribution in [0.1, 0.15) is 24.5 Å². The van der Waals surface area contributed by atoms with Crippen molar-refractivity contribution in [3.8, 4) is 0 Å². The average molecular weight is 232 g/mol. The Labute approximate surface area is 103 Å². The van der Waals surface area contributed by atoms with Gasteiger partial charge in [-0.15, -0.1) is 0 Å². The lowest BCUT2D eigenvalue weighted by atomic mass is 10.1.